The normalized spacial score (nSPS) is 19.0. The third-order valence-electron chi connectivity index (χ3n) is 5.23. The van der Waals surface area contributed by atoms with Gasteiger partial charge in [0.1, 0.15) is 23.7 Å². The van der Waals surface area contributed by atoms with Crippen LogP contribution >= 0.6 is 15.9 Å². The van der Waals surface area contributed by atoms with Gasteiger partial charge in [0.25, 0.3) is 5.56 Å². The van der Waals surface area contributed by atoms with Gasteiger partial charge in [-0.05, 0) is 23.6 Å². The number of nitrogens with zero attached hydrogens (tertiary/aromatic N) is 4. The summed E-state index contributed by atoms with van der Waals surface area (Å²) in [6.45, 7) is 6.13. The van der Waals surface area contributed by atoms with Crippen LogP contribution in [0.5, 0.6) is 5.75 Å². The van der Waals surface area contributed by atoms with Crippen LogP contribution < -0.4 is 10.3 Å². The van der Waals surface area contributed by atoms with Crippen LogP contribution in [0.2, 0.25) is 0 Å². The molecule has 164 valence electrons. The number of halogens is 2. The summed E-state index contributed by atoms with van der Waals surface area (Å²) in [7, 11) is 0. The molecule has 3 rings (SSSR count). The lowest BCUT2D eigenvalue weighted by molar-refractivity contribution is 0.0127. The van der Waals surface area contributed by atoms with Gasteiger partial charge in [-0.3, -0.25) is 4.79 Å². The van der Waals surface area contributed by atoms with Crippen molar-refractivity contribution in [1.29, 1.82) is 5.26 Å². The van der Waals surface area contributed by atoms with E-state index in [1.54, 1.807) is 6.07 Å². The summed E-state index contributed by atoms with van der Waals surface area (Å²) in [4.78, 5) is 25.6. The molecule has 1 aromatic heterocycles. The molecule has 2 atom stereocenters. The molecule has 0 bridgehead atoms. The molecule has 10 heteroatoms. The predicted molar refractivity (Wildman–Crippen MR) is 114 cm³/mol. The molecule has 1 aromatic carbocycles. The van der Waals surface area contributed by atoms with Gasteiger partial charge < -0.3 is 14.7 Å². The Morgan fingerprint density at radius 1 is 1.39 bits per heavy atom. The molecule has 0 aliphatic carbocycles. The molecule has 2 unspecified atom stereocenters. The third kappa shape index (κ3) is 4.88. The summed E-state index contributed by atoms with van der Waals surface area (Å²) in [6.07, 6.45) is -0.565. The molecule has 8 nitrogen and oxygen atoms in total. The second-order valence-electron chi connectivity index (χ2n) is 8.44. The summed E-state index contributed by atoms with van der Waals surface area (Å²) in [6, 6.07) is 6.85. The second kappa shape index (κ2) is 8.67. The quantitative estimate of drug-likeness (QED) is 0.694. The first kappa shape index (κ1) is 22.7. The SMILES string of the molecule is CC(C)(C)C1CC(Oc2cc(=O)n(-c3ccc(Br)cc3F)nc2C#N)CCN1C(=O)O. The van der Waals surface area contributed by atoms with E-state index in [2.05, 4.69) is 21.0 Å². The Hall–Kier alpha value is -2.93. The number of aromatic nitrogens is 2. The first-order valence-electron chi connectivity index (χ1n) is 9.67. The van der Waals surface area contributed by atoms with Crippen molar-refractivity contribution in [3.63, 3.8) is 0 Å². The highest BCUT2D eigenvalue weighted by atomic mass is 79.9. The fourth-order valence-electron chi connectivity index (χ4n) is 3.70. The van der Waals surface area contributed by atoms with Crippen LogP contribution in [-0.2, 0) is 0 Å². The Morgan fingerprint density at radius 2 is 2.10 bits per heavy atom. The van der Waals surface area contributed by atoms with Crippen molar-refractivity contribution < 1.29 is 19.0 Å². The molecule has 1 N–H and O–H groups in total. The average molecular weight is 493 g/mol. The Morgan fingerprint density at radius 3 is 2.68 bits per heavy atom. The Labute approximate surface area is 187 Å². The van der Waals surface area contributed by atoms with Gasteiger partial charge >= 0.3 is 6.09 Å². The number of benzene rings is 1. The maximum absolute atomic E-state index is 14.3. The van der Waals surface area contributed by atoms with Crippen molar-refractivity contribution in [2.45, 2.75) is 45.8 Å². The molecule has 1 aliphatic rings. The summed E-state index contributed by atoms with van der Waals surface area (Å²) >= 11 is 3.15. The molecule has 2 aromatic rings. The standard InChI is InChI=1S/C21H22BrFN4O4/c1-21(2,3)18-9-13(6-7-26(18)20(29)30)31-17-10-19(28)27(25-15(17)11-24)16-5-4-12(22)8-14(16)23/h4-5,8,10,13,18H,6-7,9H2,1-3H3,(H,29,30). The highest BCUT2D eigenvalue weighted by molar-refractivity contribution is 9.10. The Bertz CT molecular complexity index is 1110. The van der Waals surface area contributed by atoms with E-state index in [-0.39, 0.29) is 35.1 Å². The van der Waals surface area contributed by atoms with E-state index in [0.717, 1.165) is 10.7 Å². The number of piperidine rings is 1. The molecule has 0 spiro atoms. The topological polar surface area (TPSA) is 108 Å². The van der Waals surface area contributed by atoms with Gasteiger partial charge in [-0.1, -0.05) is 36.7 Å². The van der Waals surface area contributed by atoms with Crippen LogP contribution in [0.3, 0.4) is 0 Å². The molecule has 2 heterocycles. The number of hydrogen-bond donors (Lipinski definition) is 1. The van der Waals surface area contributed by atoms with Gasteiger partial charge in [0, 0.05) is 29.9 Å². The highest BCUT2D eigenvalue weighted by Crippen LogP contribution is 2.34. The number of nitriles is 1. The fourth-order valence-corrected chi connectivity index (χ4v) is 4.04. The molecule has 0 saturated carbocycles. The molecule has 1 aliphatic heterocycles. The summed E-state index contributed by atoms with van der Waals surface area (Å²) < 4.78 is 21.5. The van der Waals surface area contributed by atoms with Gasteiger partial charge in [-0.15, -0.1) is 5.10 Å². The van der Waals surface area contributed by atoms with Crippen molar-refractivity contribution in [2.75, 3.05) is 6.54 Å². The lowest BCUT2D eigenvalue weighted by Crippen LogP contribution is -2.53. The van der Waals surface area contributed by atoms with E-state index in [1.807, 2.05) is 26.8 Å². The predicted octanol–water partition coefficient (Wildman–Crippen LogP) is 3.94. The van der Waals surface area contributed by atoms with E-state index in [0.29, 0.717) is 17.3 Å². The molecule has 31 heavy (non-hydrogen) atoms. The van der Waals surface area contributed by atoms with Crippen molar-refractivity contribution in [1.82, 2.24) is 14.7 Å². The van der Waals surface area contributed by atoms with E-state index >= 15 is 0 Å². The Kier molecular flexibility index (Phi) is 6.36. The van der Waals surface area contributed by atoms with Gasteiger partial charge in [0.2, 0.25) is 5.69 Å². The lowest BCUT2D eigenvalue weighted by Gasteiger charge is -2.44. The lowest BCUT2D eigenvalue weighted by atomic mass is 9.80. The van der Waals surface area contributed by atoms with Gasteiger partial charge in [-0.25, -0.2) is 9.18 Å². The first-order chi connectivity index (χ1) is 14.5. The molecule has 1 saturated heterocycles. The summed E-state index contributed by atoms with van der Waals surface area (Å²) in [5, 5.41) is 23.0. The molecule has 1 fully saturated rings. The van der Waals surface area contributed by atoms with Crippen LogP contribution in [0.25, 0.3) is 5.69 Å². The molecular weight excluding hydrogens is 471 g/mol. The van der Waals surface area contributed by atoms with Crippen molar-refractivity contribution in [3.05, 3.63) is 50.6 Å². The van der Waals surface area contributed by atoms with Gasteiger partial charge in [0.05, 0.1) is 6.07 Å². The number of likely N-dealkylation sites (tertiary alicyclic amines) is 1. The number of carboxylic acid groups (broad SMARTS) is 1. The van der Waals surface area contributed by atoms with Crippen molar-refractivity contribution in [2.24, 2.45) is 5.41 Å². The van der Waals surface area contributed by atoms with E-state index in [1.165, 1.54) is 17.0 Å². The highest BCUT2D eigenvalue weighted by Gasteiger charge is 2.39. The zero-order valence-corrected chi connectivity index (χ0v) is 18.9. The molecular formula is C21H22BrFN4O4. The van der Waals surface area contributed by atoms with Crippen LogP contribution in [0.15, 0.2) is 33.5 Å². The van der Waals surface area contributed by atoms with Gasteiger partial charge in [0.15, 0.2) is 5.75 Å². The van der Waals surface area contributed by atoms with Crippen LogP contribution in [0, 0.1) is 22.6 Å². The average Bonchev–Trinajstić information content (AvgIpc) is 2.68. The van der Waals surface area contributed by atoms with Crippen LogP contribution in [-0.4, -0.2) is 44.6 Å². The van der Waals surface area contributed by atoms with E-state index in [4.69, 9.17) is 4.74 Å². The second-order valence-corrected chi connectivity index (χ2v) is 9.35. The minimum absolute atomic E-state index is 0.00250. The van der Waals surface area contributed by atoms with Gasteiger partial charge in [-0.2, -0.15) is 9.94 Å². The summed E-state index contributed by atoms with van der Waals surface area (Å²) in [5.74, 6) is -0.668. The zero-order valence-electron chi connectivity index (χ0n) is 17.3. The fraction of sp³-hybridized carbons (Fsp3) is 0.429. The van der Waals surface area contributed by atoms with E-state index < -0.39 is 23.6 Å². The largest absolute Gasteiger partial charge is 0.487 e. The van der Waals surface area contributed by atoms with Crippen LogP contribution in [0.4, 0.5) is 9.18 Å². The molecule has 0 radical (unpaired) electrons. The minimum Gasteiger partial charge on any atom is -0.487 e. The monoisotopic (exact) mass is 492 g/mol. The third-order valence-corrected chi connectivity index (χ3v) is 5.73. The maximum atomic E-state index is 14.3. The number of amides is 1. The number of carbonyl (C=O) groups is 1. The smallest absolute Gasteiger partial charge is 0.407 e. The van der Waals surface area contributed by atoms with Crippen LogP contribution in [0.1, 0.15) is 39.3 Å². The zero-order chi connectivity index (χ0) is 22.9. The van der Waals surface area contributed by atoms with E-state index in [9.17, 15) is 24.3 Å². The number of ether oxygens (including phenoxy) is 1. The number of rotatable bonds is 3. The van der Waals surface area contributed by atoms with Crippen molar-refractivity contribution in [3.8, 4) is 17.5 Å². The summed E-state index contributed by atoms with van der Waals surface area (Å²) in [5.41, 5.74) is -1.21. The van der Waals surface area contributed by atoms with Crippen molar-refractivity contribution >= 4 is 22.0 Å². The maximum Gasteiger partial charge on any atom is 0.407 e. The first-order valence-corrected chi connectivity index (χ1v) is 10.5. The Balaban J connectivity index is 1.90. The number of hydrogen-bond acceptors (Lipinski definition) is 5. The minimum atomic E-state index is -0.989. The molecule has 1 amide bonds.